The summed E-state index contributed by atoms with van der Waals surface area (Å²) in [5.41, 5.74) is 0. The Hall–Kier alpha value is 0.844. The van der Waals surface area contributed by atoms with E-state index in [0.29, 0.717) is 12.8 Å². The van der Waals surface area contributed by atoms with Crippen LogP contribution in [0.4, 0.5) is 0 Å². The van der Waals surface area contributed by atoms with Crippen LogP contribution in [0.2, 0.25) is 72.0 Å². The van der Waals surface area contributed by atoms with Gasteiger partial charge in [-0.15, -0.1) is 0 Å². The Kier molecular flexibility index (Phi) is 8.32. The summed E-state index contributed by atoms with van der Waals surface area (Å²) < 4.78 is 37.1. The Balaban J connectivity index is 2.77. The van der Waals surface area contributed by atoms with Crippen LogP contribution < -0.4 is 0 Å². The van der Waals surface area contributed by atoms with Gasteiger partial charge in [-0.05, 0) is 72.0 Å². The van der Waals surface area contributed by atoms with Gasteiger partial charge in [0.05, 0.1) is 19.4 Å². The van der Waals surface area contributed by atoms with Crippen molar-refractivity contribution >= 4 is 42.3 Å². The lowest BCUT2D eigenvalue weighted by Crippen LogP contribution is -2.60. The van der Waals surface area contributed by atoms with Crippen molar-refractivity contribution in [3.8, 4) is 0 Å². The highest BCUT2D eigenvalue weighted by atomic mass is 28.5. The summed E-state index contributed by atoms with van der Waals surface area (Å²) in [6, 6.07) is 0. The number of rotatable bonds is 12. The number of epoxide rings is 1. The molecule has 1 saturated heterocycles. The average molecular weight is 457 g/mol. The predicted octanol–water partition coefficient (Wildman–Crippen LogP) is 4.15. The molecule has 26 heavy (non-hydrogen) atoms. The van der Waals surface area contributed by atoms with Gasteiger partial charge in [0, 0.05) is 0 Å². The molecule has 0 saturated carbocycles. The van der Waals surface area contributed by atoms with Crippen molar-refractivity contribution in [3.63, 3.8) is 0 Å². The highest BCUT2D eigenvalue weighted by Crippen LogP contribution is 2.26. The van der Waals surface area contributed by atoms with Crippen molar-refractivity contribution in [2.75, 3.05) is 19.4 Å². The largest absolute Gasteiger partial charge is 0.437 e. The molecule has 156 valence electrons. The van der Waals surface area contributed by atoms with Gasteiger partial charge in [-0.25, -0.2) is 0 Å². The topological polar surface area (TPSA) is 58.7 Å². The van der Waals surface area contributed by atoms with Gasteiger partial charge in [0.2, 0.25) is 0 Å². The van der Waals surface area contributed by atoms with Crippen LogP contribution in [0, 0.1) is 0 Å². The van der Waals surface area contributed by atoms with E-state index >= 15 is 0 Å². The van der Waals surface area contributed by atoms with E-state index in [0.717, 1.165) is 6.61 Å². The van der Waals surface area contributed by atoms with Gasteiger partial charge in [0.15, 0.2) is 16.6 Å². The average Bonchev–Trinajstić information content (AvgIpc) is 3.02. The Labute approximate surface area is 165 Å². The summed E-state index contributed by atoms with van der Waals surface area (Å²) in [4.78, 5) is 0. The molecule has 1 heterocycles. The maximum atomic E-state index is 6.63. The minimum atomic E-state index is -2.52. The summed E-state index contributed by atoms with van der Waals surface area (Å²) in [7, 11) is -10.6. The minimum absolute atomic E-state index is 0.248. The second-order valence-corrected chi connectivity index (χ2v) is 29.9. The van der Waals surface area contributed by atoms with Crippen LogP contribution in [0.15, 0.2) is 0 Å². The van der Waals surface area contributed by atoms with Crippen LogP contribution in [-0.4, -0.2) is 67.9 Å². The molecule has 2 atom stereocenters. The van der Waals surface area contributed by atoms with Crippen molar-refractivity contribution in [1.29, 1.82) is 0 Å². The molecule has 0 spiro atoms. The molecule has 0 radical (unpaired) electrons. The van der Waals surface area contributed by atoms with Crippen LogP contribution >= 0.6 is 0 Å². The molecule has 0 amide bonds. The van der Waals surface area contributed by atoms with Gasteiger partial charge >= 0.3 is 25.7 Å². The Bertz CT molecular complexity index is 458. The van der Waals surface area contributed by atoms with E-state index < -0.39 is 42.3 Å². The van der Waals surface area contributed by atoms with Crippen molar-refractivity contribution in [3.05, 3.63) is 0 Å². The third-order valence-corrected chi connectivity index (χ3v) is 20.0. The summed E-state index contributed by atoms with van der Waals surface area (Å²) in [5.74, 6) is 0. The molecule has 6 nitrogen and oxygen atoms in total. The summed E-state index contributed by atoms with van der Waals surface area (Å²) in [6.45, 7) is 25.1. The zero-order valence-electron chi connectivity index (χ0n) is 18.6. The van der Waals surface area contributed by atoms with E-state index in [-0.39, 0.29) is 6.10 Å². The highest BCUT2D eigenvalue weighted by Gasteiger charge is 2.47. The fraction of sp³-hybridized carbons (Fsp3) is 1.00. The van der Waals surface area contributed by atoms with E-state index in [9.17, 15) is 0 Å². The van der Waals surface area contributed by atoms with Crippen molar-refractivity contribution in [2.45, 2.75) is 78.1 Å². The van der Waals surface area contributed by atoms with Gasteiger partial charge in [0.25, 0.3) is 0 Å². The van der Waals surface area contributed by atoms with Crippen molar-refractivity contribution in [1.82, 2.24) is 0 Å². The second kappa shape index (κ2) is 8.69. The molecular formula is C15H40O6Si5. The molecule has 0 N–H and O–H groups in total. The lowest BCUT2D eigenvalue weighted by molar-refractivity contribution is 0.128. The van der Waals surface area contributed by atoms with Crippen LogP contribution in [0.1, 0.15) is 0 Å². The maximum absolute atomic E-state index is 6.63. The SMILES string of the molecule is C[Si](C)(C)O[Si](C)(C)O[Si](C)(C)O[Si](C)(COCC1CO1)O[Si](C)(C)C. The van der Waals surface area contributed by atoms with Gasteiger partial charge in [-0.2, -0.15) is 0 Å². The number of hydrogen-bond acceptors (Lipinski definition) is 6. The lowest BCUT2D eigenvalue weighted by Gasteiger charge is -2.42. The third-order valence-electron chi connectivity index (χ3n) is 3.10. The molecule has 1 aliphatic rings. The van der Waals surface area contributed by atoms with Gasteiger partial charge in [-0.1, -0.05) is 0 Å². The summed E-state index contributed by atoms with van der Waals surface area (Å²) >= 11 is 0. The van der Waals surface area contributed by atoms with Gasteiger partial charge in [-0.3, -0.25) is 0 Å². The van der Waals surface area contributed by atoms with E-state index in [1.54, 1.807) is 0 Å². The van der Waals surface area contributed by atoms with Crippen LogP contribution in [0.25, 0.3) is 0 Å². The molecule has 0 aliphatic carbocycles. The normalized spacial score (nSPS) is 21.6. The fourth-order valence-electron chi connectivity index (χ4n) is 3.16. The highest BCUT2D eigenvalue weighted by molar-refractivity contribution is 6.90. The third kappa shape index (κ3) is 11.6. The lowest BCUT2D eigenvalue weighted by atomic mass is 10.5. The molecule has 11 heteroatoms. The van der Waals surface area contributed by atoms with Crippen molar-refractivity contribution in [2.24, 2.45) is 0 Å². The first-order valence-electron chi connectivity index (χ1n) is 9.40. The zero-order valence-corrected chi connectivity index (χ0v) is 23.6. The van der Waals surface area contributed by atoms with E-state index in [1.807, 2.05) is 0 Å². The molecule has 1 aliphatic heterocycles. The molecule has 0 aromatic rings. The predicted molar refractivity (Wildman–Crippen MR) is 118 cm³/mol. The minimum Gasteiger partial charge on any atom is -0.437 e. The smallest absolute Gasteiger partial charge is 0.342 e. The van der Waals surface area contributed by atoms with E-state index in [4.69, 9.17) is 25.9 Å². The van der Waals surface area contributed by atoms with Crippen LogP contribution in [-0.2, 0) is 25.9 Å². The molecule has 0 aromatic heterocycles. The first kappa shape index (κ1) is 24.9. The summed E-state index contributed by atoms with van der Waals surface area (Å²) in [6.07, 6.45) is 0.756. The Morgan fingerprint density at radius 1 is 0.692 bits per heavy atom. The zero-order chi connectivity index (χ0) is 20.4. The van der Waals surface area contributed by atoms with Crippen LogP contribution in [0.5, 0.6) is 0 Å². The second-order valence-electron chi connectivity index (χ2n) is 10.0. The monoisotopic (exact) mass is 456 g/mol. The van der Waals surface area contributed by atoms with Gasteiger partial charge < -0.3 is 25.9 Å². The molecule has 1 rings (SSSR count). The van der Waals surface area contributed by atoms with E-state index in [1.165, 1.54) is 0 Å². The first-order chi connectivity index (χ1) is 11.4. The molecule has 0 aromatic carbocycles. The van der Waals surface area contributed by atoms with Gasteiger partial charge in [0.1, 0.15) is 6.10 Å². The molecular weight excluding hydrogens is 417 g/mol. The first-order valence-corrected chi connectivity index (χ1v) is 24.4. The van der Waals surface area contributed by atoms with E-state index in [2.05, 4.69) is 72.0 Å². The van der Waals surface area contributed by atoms with Crippen molar-refractivity contribution < 1.29 is 25.9 Å². The fourth-order valence-corrected chi connectivity index (χ4v) is 25.7. The summed E-state index contributed by atoms with van der Waals surface area (Å²) in [5, 5.41) is 0. The Morgan fingerprint density at radius 2 is 1.15 bits per heavy atom. The standard InChI is InChI=1S/C15H40O6Si5/c1-22(2,3)18-24(7,8)20-25(9,10)21-26(11,19-23(4,5)6)14-16-12-15-13-17-15/h15H,12-14H2,1-11H3. The Morgan fingerprint density at radius 3 is 1.58 bits per heavy atom. The quantitative estimate of drug-likeness (QED) is 0.325. The molecule has 1 fully saturated rings. The van der Waals surface area contributed by atoms with Crippen LogP contribution in [0.3, 0.4) is 0 Å². The maximum Gasteiger partial charge on any atom is 0.342 e. The number of hydrogen-bond donors (Lipinski definition) is 0. The molecule has 0 bridgehead atoms. The molecule has 2 unspecified atom stereocenters. The number of ether oxygens (including phenoxy) is 2.